The van der Waals surface area contributed by atoms with E-state index in [1.54, 1.807) is 6.07 Å². The van der Waals surface area contributed by atoms with Crippen LogP contribution in [0.25, 0.3) is 0 Å². The molecule has 0 aliphatic heterocycles. The zero-order valence-corrected chi connectivity index (χ0v) is 9.50. The van der Waals surface area contributed by atoms with Crippen molar-refractivity contribution in [1.82, 2.24) is 0 Å². The number of hydrogen-bond acceptors (Lipinski definition) is 5. The molecule has 0 saturated carbocycles. The van der Waals surface area contributed by atoms with Crippen LogP contribution in [0.1, 0.15) is 0 Å². The van der Waals surface area contributed by atoms with Crippen molar-refractivity contribution in [2.75, 3.05) is 21.3 Å². The molecule has 0 N–H and O–H groups in total. The van der Waals surface area contributed by atoms with Gasteiger partial charge >= 0.3 is 10.1 Å². The summed E-state index contributed by atoms with van der Waals surface area (Å²) in [4.78, 5) is -0.0492. The molecule has 1 aromatic carbocycles. The summed E-state index contributed by atoms with van der Waals surface area (Å²) in [5.41, 5.74) is 0. The van der Waals surface area contributed by atoms with Gasteiger partial charge in [-0.2, -0.15) is 8.42 Å². The Morgan fingerprint density at radius 2 is 1.73 bits per heavy atom. The summed E-state index contributed by atoms with van der Waals surface area (Å²) in [5, 5.41) is 0. The minimum Gasteiger partial charge on any atom is -0.497 e. The van der Waals surface area contributed by atoms with E-state index in [0.29, 0.717) is 5.75 Å². The smallest absolute Gasteiger partial charge is 0.300 e. The van der Waals surface area contributed by atoms with Gasteiger partial charge in [0.05, 0.1) is 21.3 Å². The third kappa shape index (κ3) is 2.40. The van der Waals surface area contributed by atoms with E-state index >= 15 is 0 Å². The highest BCUT2D eigenvalue weighted by atomic mass is 32.2. The molecular formula is C9H12O5S. The van der Waals surface area contributed by atoms with Crippen molar-refractivity contribution in [3.63, 3.8) is 0 Å². The van der Waals surface area contributed by atoms with Crippen molar-refractivity contribution < 1.29 is 22.1 Å². The van der Waals surface area contributed by atoms with Crippen LogP contribution in [0.3, 0.4) is 0 Å². The quantitative estimate of drug-likeness (QED) is 0.726. The van der Waals surface area contributed by atoms with Gasteiger partial charge in [-0.3, -0.25) is 4.18 Å². The van der Waals surface area contributed by atoms with E-state index < -0.39 is 10.1 Å². The highest BCUT2D eigenvalue weighted by Crippen LogP contribution is 2.28. The molecule has 0 aromatic heterocycles. The molecule has 0 aliphatic carbocycles. The van der Waals surface area contributed by atoms with Crippen LogP contribution in [0, 0.1) is 0 Å². The van der Waals surface area contributed by atoms with Crippen molar-refractivity contribution >= 4 is 10.1 Å². The van der Waals surface area contributed by atoms with Crippen molar-refractivity contribution in [3.05, 3.63) is 18.2 Å². The Balaban J connectivity index is 3.36. The topological polar surface area (TPSA) is 61.8 Å². The van der Waals surface area contributed by atoms with Gasteiger partial charge in [-0.25, -0.2) is 0 Å². The lowest BCUT2D eigenvalue weighted by Gasteiger charge is -2.09. The van der Waals surface area contributed by atoms with Crippen LogP contribution >= 0.6 is 0 Å². The molecule has 6 heteroatoms. The molecule has 0 aliphatic rings. The monoisotopic (exact) mass is 232 g/mol. The number of ether oxygens (including phenoxy) is 2. The molecule has 84 valence electrons. The average molecular weight is 232 g/mol. The van der Waals surface area contributed by atoms with Gasteiger partial charge in [0.25, 0.3) is 0 Å². The Morgan fingerprint density at radius 1 is 1.07 bits per heavy atom. The average Bonchev–Trinajstić information content (AvgIpc) is 2.28. The minimum atomic E-state index is -3.78. The Kier molecular flexibility index (Phi) is 3.54. The molecule has 15 heavy (non-hydrogen) atoms. The fraction of sp³-hybridized carbons (Fsp3) is 0.333. The third-order valence-corrected chi connectivity index (χ3v) is 3.16. The zero-order chi connectivity index (χ0) is 11.5. The van der Waals surface area contributed by atoms with Crippen LogP contribution in [-0.4, -0.2) is 29.7 Å². The summed E-state index contributed by atoms with van der Waals surface area (Å²) in [6.45, 7) is 0. The first-order valence-corrected chi connectivity index (χ1v) is 5.48. The molecule has 0 heterocycles. The summed E-state index contributed by atoms with van der Waals surface area (Å²) in [6, 6.07) is 4.45. The predicted molar refractivity (Wildman–Crippen MR) is 53.7 cm³/mol. The number of rotatable bonds is 4. The summed E-state index contributed by atoms with van der Waals surface area (Å²) in [7, 11) is 0.148. The van der Waals surface area contributed by atoms with Crippen molar-refractivity contribution in [2.24, 2.45) is 0 Å². The van der Waals surface area contributed by atoms with E-state index in [9.17, 15) is 8.42 Å². The predicted octanol–water partition coefficient (Wildman–Crippen LogP) is 1.04. The first-order chi connectivity index (χ1) is 7.05. The van der Waals surface area contributed by atoms with Gasteiger partial charge in [-0.05, 0) is 12.1 Å². The second-order valence-corrected chi connectivity index (χ2v) is 4.32. The maximum Gasteiger partial charge on any atom is 0.300 e. The lowest BCUT2D eigenvalue weighted by Crippen LogP contribution is -2.05. The molecular weight excluding hydrogens is 220 g/mol. The Morgan fingerprint density at radius 3 is 2.20 bits per heavy atom. The second kappa shape index (κ2) is 4.50. The molecule has 0 radical (unpaired) electrons. The minimum absolute atomic E-state index is 0.0492. The van der Waals surface area contributed by atoms with Gasteiger partial charge in [0.1, 0.15) is 16.4 Å². The van der Waals surface area contributed by atoms with E-state index in [1.807, 2.05) is 0 Å². The lowest BCUT2D eigenvalue weighted by atomic mass is 10.3. The third-order valence-electron chi connectivity index (χ3n) is 1.86. The highest BCUT2D eigenvalue weighted by molar-refractivity contribution is 7.86. The largest absolute Gasteiger partial charge is 0.497 e. The van der Waals surface area contributed by atoms with Gasteiger partial charge in [0.2, 0.25) is 0 Å². The number of methoxy groups -OCH3 is 2. The maximum absolute atomic E-state index is 11.5. The molecule has 0 spiro atoms. The zero-order valence-electron chi connectivity index (χ0n) is 8.68. The van der Waals surface area contributed by atoms with E-state index in [4.69, 9.17) is 9.47 Å². The SMILES string of the molecule is COc1ccc(OC)c(S(=O)(=O)OC)c1. The summed E-state index contributed by atoms with van der Waals surface area (Å²) in [5.74, 6) is 0.643. The summed E-state index contributed by atoms with van der Waals surface area (Å²) >= 11 is 0. The van der Waals surface area contributed by atoms with Crippen molar-refractivity contribution in [3.8, 4) is 11.5 Å². The molecule has 0 atom stereocenters. The molecule has 0 saturated heterocycles. The molecule has 0 bridgehead atoms. The first-order valence-electron chi connectivity index (χ1n) is 4.08. The van der Waals surface area contributed by atoms with Crippen molar-refractivity contribution in [1.29, 1.82) is 0 Å². The standard InChI is InChI=1S/C9H12O5S/c1-12-7-4-5-8(13-2)9(6-7)15(10,11)14-3/h4-6H,1-3H3. The molecule has 0 amide bonds. The van der Waals surface area contributed by atoms with Gasteiger partial charge in [0.15, 0.2) is 0 Å². The Hall–Kier alpha value is -1.27. The van der Waals surface area contributed by atoms with Crippen LogP contribution < -0.4 is 9.47 Å². The Bertz CT molecular complexity index is 438. The van der Waals surface area contributed by atoms with Crippen LogP contribution in [-0.2, 0) is 14.3 Å². The summed E-state index contributed by atoms with van der Waals surface area (Å²) in [6.07, 6.45) is 0. The van der Waals surface area contributed by atoms with E-state index in [1.165, 1.54) is 26.4 Å². The number of benzene rings is 1. The van der Waals surface area contributed by atoms with Gasteiger partial charge in [0, 0.05) is 6.07 Å². The summed E-state index contributed by atoms with van der Waals surface area (Å²) < 4.78 is 37.2. The van der Waals surface area contributed by atoms with Gasteiger partial charge in [-0.1, -0.05) is 0 Å². The second-order valence-electron chi connectivity index (χ2n) is 2.64. The number of hydrogen-bond donors (Lipinski definition) is 0. The normalized spacial score (nSPS) is 11.1. The van der Waals surface area contributed by atoms with E-state index in [2.05, 4.69) is 4.18 Å². The Labute approximate surface area is 88.7 Å². The molecule has 0 unspecified atom stereocenters. The van der Waals surface area contributed by atoms with E-state index in [-0.39, 0.29) is 10.6 Å². The van der Waals surface area contributed by atoms with Crippen molar-refractivity contribution in [2.45, 2.75) is 4.90 Å². The van der Waals surface area contributed by atoms with Crippen LogP contribution in [0.2, 0.25) is 0 Å². The fourth-order valence-corrected chi connectivity index (χ4v) is 1.91. The first kappa shape index (κ1) is 11.8. The van der Waals surface area contributed by atoms with Crippen LogP contribution in [0.5, 0.6) is 11.5 Å². The molecule has 1 rings (SSSR count). The van der Waals surface area contributed by atoms with Crippen LogP contribution in [0.4, 0.5) is 0 Å². The van der Waals surface area contributed by atoms with E-state index in [0.717, 1.165) is 7.11 Å². The highest BCUT2D eigenvalue weighted by Gasteiger charge is 2.19. The fourth-order valence-electron chi connectivity index (χ4n) is 1.07. The van der Waals surface area contributed by atoms with Gasteiger partial charge in [-0.15, -0.1) is 0 Å². The van der Waals surface area contributed by atoms with Crippen LogP contribution in [0.15, 0.2) is 23.1 Å². The maximum atomic E-state index is 11.5. The lowest BCUT2D eigenvalue weighted by molar-refractivity contribution is 0.373. The molecule has 1 aromatic rings. The molecule has 5 nitrogen and oxygen atoms in total. The van der Waals surface area contributed by atoms with Gasteiger partial charge < -0.3 is 9.47 Å². The molecule has 0 fully saturated rings.